The Morgan fingerprint density at radius 2 is 1.80 bits per heavy atom. The lowest BCUT2D eigenvalue weighted by Gasteiger charge is -2.39. The van der Waals surface area contributed by atoms with Crippen molar-refractivity contribution in [1.82, 2.24) is 19.8 Å². The van der Waals surface area contributed by atoms with Crippen molar-refractivity contribution in [2.45, 2.75) is 65.1 Å². The van der Waals surface area contributed by atoms with Crippen LogP contribution in [0.25, 0.3) is 0 Å². The SMILES string of the molecule is CC(C)(C)C1CN(c2ccc(Nc3ncc(C(F)(F)F)c(NCCCN4CCCCC4=O)n3)cc2)CCCN1C=O. The van der Waals surface area contributed by atoms with E-state index in [2.05, 4.69) is 46.3 Å². The molecule has 0 saturated carbocycles. The Bertz CT molecular complexity index is 1180. The Labute approximate surface area is 239 Å². The molecule has 2 aromatic rings. The van der Waals surface area contributed by atoms with Crippen LogP contribution in [-0.2, 0) is 15.8 Å². The highest BCUT2D eigenvalue weighted by molar-refractivity contribution is 5.76. The van der Waals surface area contributed by atoms with Crippen molar-refractivity contribution in [3.05, 3.63) is 36.0 Å². The normalized spacial score (nSPS) is 18.7. The van der Waals surface area contributed by atoms with Gasteiger partial charge in [0.25, 0.3) is 0 Å². The van der Waals surface area contributed by atoms with E-state index in [0.29, 0.717) is 44.7 Å². The lowest BCUT2D eigenvalue weighted by Crippen LogP contribution is -2.48. The highest BCUT2D eigenvalue weighted by Gasteiger charge is 2.36. The molecular formula is C29H40F3N7O2. The lowest BCUT2D eigenvalue weighted by molar-refractivity contribution is -0.137. The molecule has 2 N–H and O–H groups in total. The number of alkyl halides is 3. The van der Waals surface area contributed by atoms with Crippen LogP contribution in [0, 0.1) is 5.41 Å². The molecule has 4 rings (SSSR count). The maximum atomic E-state index is 13.6. The van der Waals surface area contributed by atoms with Crippen molar-refractivity contribution >= 4 is 35.5 Å². The van der Waals surface area contributed by atoms with E-state index in [0.717, 1.165) is 44.1 Å². The van der Waals surface area contributed by atoms with Gasteiger partial charge in [0.15, 0.2) is 0 Å². The summed E-state index contributed by atoms with van der Waals surface area (Å²) in [6.45, 7) is 10.1. The summed E-state index contributed by atoms with van der Waals surface area (Å²) in [6.07, 6.45) is 0.845. The molecule has 0 radical (unpaired) electrons. The fourth-order valence-corrected chi connectivity index (χ4v) is 5.38. The molecule has 41 heavy (non-hydrogen) atoms. The van der Waals surface area contributed by atoms with Crippen molar-refractivity contribution < 1.29 is 22.8 Å². The number of amides is 2. The van der Waals surface area contributed by atoms with Gasteiger partial charge in [0.2, 0.25) is 18.3 Å². The van der Waals surface area contributed by atoms with Crippen molar-refractivity contribution in [1.29, 1.82) is 0 Å². The molecule has 224 valence electrons. The second kappa shape index (κ2) is 12.9. The molecule has 9 nitrogen and oxygen atoms in total. The fourth-order valence-electron chi connectivity index (χ4n) is 5.38. The highest BCUT2D eigenvalue weighted by atomic mass is 19.4. The smallest absolute Gasteiger partial charge is 0.369 e. The van der Waals surface area contributed by atoms with Crippen LogP contribution >= 0.6 is 0 Å². The standard InChI is InChI=1S/C29H40F3N7O2/c1-28(2,3)24-19-38(16-7-17-39(24)20-40)22-11-9-21(10-12-22)35-27-34-18-23(29(30,31)32)26(36-27)33-13-6-15-37-14-5-4-8-25(37)41/h9-12,18,20,24H,4-8,13-17,19H2,1-3H3,(H2,33,34,35,36). The van der Waals surface area contributed by atoms with E-state index >= 15 is 0 Å². The molecule has 0 aliphatic carbocycles. The zero-order valence-corrected chi connectivity index (χ0v) is 24.0. The van der Waals surface area contributed by atoms with Gasteiger partial charge in [-0.25, -0.2) is 4.98 Å². The second-order valence-electron chi connectivity index (χ2n) is 11.8. The number of carbonyl (C=O) groups excluding carboxylic acids is 2. The quantitative estimate of drug-likeness (QED) is 0.316. The fraction of sp³-hybridized carbons (Fsp3) is 0.586. The molecule has 2 saturated heterocycles. The molecule has 1 aromatic heterocycles. The van der Waals surface area contributed by atoms with Crippen LogP contribution in [0.2, 0.25) is 0 Å². The van der Waals surface area contributed by atoms with Crippen LogP contribution in [0.15, 0.2) is 30.5 Å². The first kappa shape index (κ1) is 30.4. The zero-order valence-electron chi connectivity index (χ0n) is 24.0. The number of anilines is 4. The third-order valence-corrected chi connectivity index (χ3v) is 7.67. The van der Waals surface area contributed by atoms with Crippen molar-refractivity contribution in [2.24, 2.45) is 5.41 Å². The van der Waals surface area contributed by atoms with Crippen molar-refractivity contribution in [3.8, 4) is 0 Å². The number of aromatic nitrogens is 2. The van der Waals surface area contributed by atoms with E-state index < -0.39 is 11.7 Å². The molecule has 0 spiro atoms. The summed E-state index contributed by atoms with van der Waals surface area (Å²) in [5.41, 5.74) is 0.619. The van der Waals surface area contributed by atoms with Crippen LogP contribution in [0.3, 0.4) is 0 Å². The molecule has 2 aliphatic heterocycles. The molecule has 1 aromatic carbocycles. The molecule has 2 amide bonds. The predicted molar refractivity (Wildman–Crippen MR) is 153 cm³/mol. The number of likely N-dealkylation sites (tertiary alicyclic amines) is 1. The monoisotopic (exact) mass is 575 g/mol. The molecular weight excluding hydrogens is 535 g/mol. The number of halogens is 3. The third kappa shape index (κ3) is 8.01. The van der Waals surface area contributed by atoms with Gasteiger partial charge < -0.3 is 25.3 Å². The average Bonchev–Trinajstić information content (AvgIpc) is 3.15. The van der Waals surface area contributed by atoms with Crippen LogP contribution in [0.5, 0.6) is 0 Å². The van der Waals surface area contributed by atoms with Crippen LogP contribution in [0.4, 0.5) is 36.3 Å². The first-order valence-electron chi connectivity index (χ1n) is 14.2. The number of hydrogen-bond acceptors (Lipinski definition) is 7. The maximum Gasteiger partial charge on any atom is 0.421 e. The van der Waals surface area contributed by atoms with Crippen LogP contribution < -0.4 is 15.5 Å². The number of nitrogens with one attached hydrogen (secondary N) is 2. The van der Waals surface area contributed by atoms with Gasteiger partial charge in [-0.1, -0.05) is 20.8 Å². The Balaban J connectivity index is 1.41. The Morgan fingerprint density at radius 1 is 1.05 bits per heavy atom. The van der Waals surface area contributed by atoms with Gasteiger partial charge in [-0.15, -0.1) is 0 Å². The first-order valence-corrected chi connectivity index (χ1v) is 14.2. The van der Waals surface area contributed by atoms with E-state index in [9.17, 15) is 22.8 Å². The van der Waals surface area contributed by atoms with Crippen LogP contribution in [-0.4, -0.2) is 77.4 Å². The topological polar surface area (TPSA) is 93.7 Å². The summed E-state index contributed by atoms with van der Waals surface area (Å²) < 4.78 is 40.9. The van der Waals surface area contributed by atoms with E-state index in [1.165, 1.54) is 0 Å². The minimum absolute atomic E-state index is 0.0450. The van der Waals surface area contributed by atoms with E-state index in [4.69, 9.17) is 0 Å². The molecule has 2 aliphatic rings. The summed E-state index contributed by atoms with van der Waals surface area (Å²) in [4.78, 5) is 37.6. The first-order chi connectivity index (χ1) is 19.5. The number of nitrogens with zero attached hydrogens (tertiary/aromatic N) is 5. The van der Waals surface area contributed by atoms with Gasteiger partial charge in [-0.3, -0.25) is 9.59 Å². The van der Waals surface area contributed by atoms with Gasteiger partial charge in [-0.2, -0.15) is 18.2 Å². The number of carbonyl (C=O) groups is 2. The van der Waals surface area contributed by atoms with Gasteiger partial charge in [0.05, 0.1) is 6.04 Å². The third-order valence-electron chi connectivity index (χ3n) is 7.67. The second-order valence-corrected chi connectivity index (χ2v) is 11.8. The summed E-state index contributed by atoms with van der Waals surface area (Å²) in [7, 11) is 0. The molecule has 0 bridgehead atoms. The van der Waals surface area contributed by atoms with Gasteiger partial charge in [0, 0.05) is 63.3 Å². The van der Waals surface area contributed by atoms with Gasteiger partial charge >= 0.3 is 6.18 Å². The number of rotatable bonds is 9. The van der Waals surface area contributed by atoms with Crippen LogP contribution in [0.1, 0.15) is 58.4 Å². The number of piperidine rings is 1. The summed E-state index contributed by atoms with van der Waals surface area (Å²) in [5.74, 6) is -0.155. The molecule has 2 fully saturated rings. The maximum absolute atomic E-state index is 13.6. The average molecular weight is 576 g/mol. The Kier molecular flexibility index (Phi) is 9.60. The number of benzene rings is 1. The summed E-state index contributed by atoms with van der Waals surface area (Å²) in [6, 6.07) is 7.64. The Hall–Kier alpha value is -3.57. The minimum Gasteiger partial charge on any atom is -0.369 e. The largest absolute Gasteiger partial charge is 0.421 e. The molecule has 12 heteroatoms. The summed E-state index contributed by atoms with van der Waals surface area (Å²) >= 11 is 0. The minimum atomic E-state index is -4.61. The molecule has 3 heterocycles. The summed E-state index contributed by atoms with van der Waals surface area (Å²) in [5, 5.41) is 5.81. The van der Waals surface area contributed by atoms with Crippen molar-refractivity contribution in [3.63, 3.8) is 0 Å². The van der Waals surface area contributed by atoms with E-state index in [1.54, 1.807) is 4.90 Å². The molecule has 1 unspecified atom stereocenters. The van der Waals surface area contributed by atoms with Crippen molar-refractivity contribution in [2.75, 3.05) is 54.8 Å². The number of hydrogen-bond donors (Lipinski definition) is 2. The van der Waals surface area contributed by atoms with Gasteiger partial charge in [-0.05, 0) is 55.4 Å². The molecule has 1 atom stereocenters. The zero-order chi connectivity index (χ0) is 29.6. The van der Waals surface area contributed by atoms with E-state index in [-0.39, 0.29) is 35.7 Å². The van der Waals surface area contributed by atoms with Gasteiger partial charge in [0.1, 0.15) is 11.4 Å². The Morgan fingerprint density at radius 3 is 2.46 bits per heavy atom. The van der Waals surface area contributed by atoms with E-state index in [1.807, 2.05) is 29.2 Å². The highest BCUT2D eigenvalue weighted by Crippen LogP contribution is 2.34. The predicted octanol–water partition coefficient (Wildman–Crippen LogP) is 5.14. The lowest BCUT2D eigenvalue weighted by atomic mass is 9.85.